The molecule has 0 aliphatic heterocycles. The summed E-state index contributed by atoms with van der Waals surface area (Å²) >= 11 is 0. The first kappa shape index (κ1) is 14.5. The molecule has 3 heteroatoms. The highest BCUT2D eigenvalue weighted by atomic mass is 79.9. The maximum Gasteiger partial charge on any atom is 0.303 e. The first-order chi connectivity index (χ1) is 5.27. The normalized spacial score (nSPS) is 9.08. The Labute approximate surface area is 85.1 Å². The summed E-state index contributed by atoms with van der Waals surface area (Å²) in [7, 11) is 0. The molecule has 0 aliphatic rings. The monoisotopic (exact) mass is 238 g/mol. The third-order valence-corrected chi connectivity index (χ3v) is 1.74. The van der Waals surface area contributed by atoms with Gasteiger partial charge in [0.05, 0.1) is 0 Å². The topological polar surface area (TPSA) is 37.3 Å². The van der Waals surface area contributed by atoms with Gasteiger partial charge < -0.3 is 5.11 Å². The van der Waals surface area contributed by atoms with Crippen LogP contribution in [0.5, 0.6) is 0 Å². The molecule has 0 aromatic heterocycles. The predicted octanol–water partition coefficient (Wildman–Crippen LogP) is 3.40. The molecule has 0 spiro atoms. The van der Waals surface area contributed by atoms with Crippen LogP contribution < -0.4 is 0 Å². The zero-order valence-electron chi connectivity index (χ0n) is 7.71. The van der Waals surface area contributed by atoms with Gasteiger partial charge in [-0.2, -0.15) is 0 Å². The van der Waals surface area contributed by atoms with Crippen molar-refractivity contribution in [2.45, 2.75) is 51.9 Å². The number of aliphatic carboxylic acids is 1. The molecule has 0 aromatic carbocycles. The van der Waals surface area contributed by atoms with Gasteiger partial charge in [-0.25, -0.2) is 0 Å². The molecule has 0 unspecified atom stereocenters. The average Bonchev–Trinajstić information content (AvgIpc) is 1.96. The first-order valence-corrected chi connectivity index (χ1v) is 4.49. The van der Waals surface area contributed by atoms with Crippen LogP contribution in [-0.4, -0.2) is 11.1 Å². The van der Waals surface area contributed by atoms with E-state index in [0.29, 0.717) is 6.42 Å². The number of carboxylic acids is 1. The molecule has 0 heterocycles. The highest BCUT2D eigenvalue weighted by Gasteiger charge is 1.95. The largest absolute Gasteiger partial charge is 0.481 e. The smallest absolute Gasteiger partial charge is 0.303 e. The van der Waals surface area contributed by atoms with E-state index in [0.717, 1.165) is 12.8 Å². The van der Waals surface area contributed by atoms with Crippen molar-refractivity contribution in [3.63, 3.8) is 0 Å². The van der Waals surface area contributed by atoms with Crippen molar-refractivity contribution in [2.24, 2.45) is 0 Å². The van der Waals surface area contributed by atoms with Crippen LogP contribution in [0.4, 0.5) is 0 Å². The number of carbonyl (C=O) groups is 1. The van der Waals surface area contributed by atoms with Crippen molar-refractivity contribution in [1.82, 2.24) is 0 Å². The third kappa shape index (κ3) is 12.6. The van der Waals surface area contributed by atoms with Crippen LogP contribution in [0.15, 0.2) is 0 Å². The summed E-state index contributed by atoms with van der Waals surface area (Å²) in [4.78, 5) is 10.1. The van der Waals surface area contributed by atoms with Gasteiger partial charge in [-0.3, -0.25) is 4.79 Å². The van der Waals surface area contributed by atoms with Crippen molar-refractivity contribution in [3.8, 4) is 0 Å². The summed E-state index contributed by atoms with van der Waals surface area (Å²) in [6.07, 6.45) is 7.25. The van der Waals surface area contributed by atoms with Crippen LogP contribution in [0.1, 0.15) is 51.9 Å². The van der Waals surface area contributed by atoms with Crippen molar-refractivity contribution in [1.29, 1.82) is 0 Å². The molecule has 0 amide bonds. The van der Waals surface area contributed by atoms with Crippen LogP contribution >= 0.6 is 17.0 Å². The Hall–Kier alpha value is -0.0500. The number of unbranched alkanes of at least 4 members (excludes halogenated alkanes) is 5. The molecule has 0 saturated heterocycles. The molecule has 0 atom stereocenters. The minimum atomic E-state index is -0.666. The van der Waals surface area contributed by atoms with Crippen molar-refractivity contribution in [3.05, 3.63) is 0 Å². The lowest BCUT2D eigenvalue weighted by atomic mass is 10.1. The average molecular weight is 239 g/mol. The van der Waals surface area contributed by atoms with E-state index in [1.165, 1.54) is 25.7 Å². The molecule has 74 valence electrons. The number of hydrogen-bond donors (Lipinski definition) is 1. The fourth-order valence-corrected chi connectivity index (χ4v) is 1.06. The molecule has 0 aliphatic carbocycles. The van der Waals surface area contributed by atoms with Crippen molar-refractivity contribution in [2.75, 3.05) is 0 Å². The van der Waals surface area contributed by atoms with Gasteiger partial charge in [0.15, 0.2) is 0 Å². The summed E-state index contributed by atoms with van der Waals surface area (Å²) in [6, 6.07) is 0. The molecular weight excluding hydrogens is 220 g/mol. The Kier molecular flexibility index (Phi) is 13.2. The molecule has 0 bridgehead atoms. The molecule has 0 aromatic rings. The summed E-state index contributed by atoms with van der Waals surface area (Å²) in [6.45, 7) is 2.18. The third-order valence-electron chi connectivity index (χ3n) is 1.74. The molecule has 2 nitrogen and oxygen atoms in total. The van der Waals surface area contributed by atoms with Crippen LogP contribution in [0.3, 0.4) is 0 Å². The van der Waals surface area contributed by atoms with Gasteiger partial charge in [-0.05, 0) is 6.42 Å². The highest BCUT2D eigenvalue weighted by Crippen LogP contribution is 2.06. The highest BCUT2D eigenvalue weighted by molar-refractivity contribution is 8.93. The van der Waals surface area contributed by atoms with E-state index < -0.39 is 5.97 Å². The summed E-state index contributed by atoms with van der Waals surface area (Å²) in [5.74, 6) is -0.666. The van der Waals surface area contributed by atoms with Crippen LogP contribution in [0.2, 0.25) is 0 Å². The van der Waals surface area contributed by atoms with Crippen LogP contribution in [-0.2, 0) is 4.79 Å². The van der Waals surface area contributed by atoms with E-state index in [2.05, 4.69) is 6.92 Å². The van der Waals surface area contributed by atoms with E-state index in [4.69, 9.17) is 5.11 Å². The Balaban J connectivity index is 0. The van der Waals surface area contributed by atoms with Gasteiger partial charge in [0, 0.05) is 6.42 Å². The van der Waals surface area contributed by atoms with Gasteiger partial charge in [0.25, 0.3) is 0 Å². The van der Waals surface area contributed by atoms with Crippen LogP contribution in [0.25, 0.3) is 0 Å². The van der Waals surface area contributed by atoms with Crippen molar-refractivity contribution < 1.29 is 9.90 Å². The fourth-order valence-electron chi connectivity index (χ4n) is 1.06. The summed E-state index contributed by atoms with van der Waals surface area (Å²) in [5.41, 5.74) is 0. The Bertz CT molecular complexity index is 105. The number of halogens is 1. The summed E-state index contributed by atoms with van der Waals surface area (Å²) in [5, 5.41) is 8.32. The maximum absolute atomic E-state index is 10.1. The lowest BCUT2D eigenvalue weighted by molar-refractivity contribution is -0.137. The lowest BCUT2D eigenvalue weighted by Gasteiger charge is -1.97. The molecule has 0 fully saturated rings. The van der Waals surface area contributed by atoms with E-state index in [1.807, 2.05) is 0 Å². The van der Waals surface area contributed by atoms with Gasteiger partial charge in [-0.1, -0.05) is 39.0 Å². The fraction of sp³-hybridized carbons (Fsp3) is 0.889. The molecule has 0 saturated carbocycles. The molecule has 1 N–H and O–H groups in total. The Morgan fingerprint density at radius 3 is 2.08 bits per heavy atom. The van der Waals surface area contributed by atoms with E-state index in [9.17, 15) is 4.79 Å². The number of hydrogen-bond acceptors (Lipinski definition) is 1. The number of rotatable bonds is 7. The lowest BCUT2D eigenvalue weighted by Crippen LogP contribution is -1.93. The SMILES string of the molecule is Br.CCCCCCCCC(=O)O. The van der Waals surface area contributed by atoms with Gasteiger partial charge >= 0.3 is 5.97 Å². The molecule has 0 radical (unpaired) electrons. The van der Waals surface area contributed by atoms with Gasteiger partial charge in [0.2, 0.25) is 0 Å². The van der Waals surface area contributed by atoms with Gasteiger partial charge in [-0.15, -0.1) is 17.0 Å². The second kappa shape index (κ2) is 11.0. The van der Waals surface area contributed by atoms with Gasteiger partial charge in [0.1, 0.15) is 0 Å². The van der Waals surface area contributed by atoms with E-state index in [1.54, 1.807) is 0 Å². The summed E-state index contributed by atoms with van der Waals surface area (Å²) < 4.78 is 0. The standard InChI is InChI=1S/C9H18O2.BrH/c1-2-3-4-5-6-7-8-9(10)11;/h2-8H2,1H3,(H,10,11);1H. The quantitative estimate of drug-likeness (QED) is 0.691. The number of carboxylic acid groups (broad SMARTS) is 1. The molecule has 0 rings (SSSR count). The zero-order valence-corrected chi connectivity index (χ0v) is 9.43. The first-order valence-electron chi connectivity index (χ1n) is 4.49. The second-order valence-electron chi connectivity index (χ2n) is 2.91. The van der Waals surface area contributed by atoms with E-state index in [-0.39, 0.29) is 17.0 Å². The van der Waals surface area contributed by atoms with E-state index >= 15 is 0 Å². The Morgan fingerprint density at radius 1 is 1.08 bits per heavy atom. The predicted molar refractivity (Wildman–Crippen MR) is 56.0 cm³/mol. The molecular formula is C9H19BrO2. The minimum absolute atomic E-state index is 0. The second-order valence-corrected chi connectivity index (χ2v) is 2.91. The minimum Gasteiger partial charge on any atom is -0.481 e. The molecule has 12 heavy (non-hydrogen) atoms. The zero-order chi connectivity index (χ0) is 8.53. The van der Waals surface area contributed by atoms with Crippen molar-refractivity contribution >= 4 is 23.0 Å². The maximum atomic E-state index is 10.1. The Morgan fingerprint density at radius 2 is 1.58 bits per heavy atom. The van der Waals surface area contributed by atoms with Crippen LogP contribution in [0, 0.1) is 0 Å².